The number of hydrogen-bond donors (Lipinski definition) is 1. The lowest BCUT2D eigenvalue weighted by atomic mass is 10.1. The van der Waals surface area contributed by atoms with Gasteiger partial charge in [0.2, 0.25) is 0 Å². The number of benzene rings is 1. The molecule has 2 aromatic rings. The average molecular weight is 344 g/mol. The predicted octanol–water partition coefficient (Wildman–Crippen LogP) is 3.55. The molecule has 3 rings (SSSR count). The molecule has 25 heavy (non-hydrogen) atoms. The molecule has 1 aromatic carbocycles. The number of urea groups is 1. The highest BCUT2D eigenvalue weighted by atomic mass is 19.1. The highest BCUT2D eigenvalue weighted by Crippen LogP contribution is 2.30. The molecule has 1 atom stereocenters. The van der Waals surface area contributed by atoms with Crippen molar-refractivity contribution in [1.82, 2.24) is 20.0 Å². The van der Waals surface area contributed by atoms with E-state index in [4.69, 9.17) is 0 Å². The van der Waals surface area contributed by atoms with E-state index in [9.17, 15) is 9.18 Å². The summed E-state index contributed by atoms with van der Waals surface area (Å²) in [5, 5.41) is 7.41. The summed E-state index contributed by atoms with van der Waals surface area (Å²) < 4.78 is 14.9. The summed E-state index contributed by atoms with van der Waals surface area (Å²) in [6, 6.07) is 6.13. The summed E-state index contributed by atoms with van der Waals surface area (Å²) in [7, 11) is 1.87. The minimum Gasteiger partial charge on any atom is -0.331 e. The van der Waals surface area contributed by atoms with Crippen LogP contribution < -0.4 is 5.32 Å². The maximum atomic E-state index is 13.1. The first-order chi connectivity index (χ1) is 11.9. The summed E-state index contributed by atoms with van der Waals surface area (Å²) in [5.74, 6) is 0.323. The van der Waals surface area contributed by atoms with Crippen LogP contribution in [-0.4, -0.2) is 27.3 Å². The minimum absolute atomic E-state index is 0.0908. The van der Waals surface area contributed by atoms with Gasteiger partial charge in [-0.25, -0.2) is 9.18 Å². The Morgan fingerprint density at radius 3 is 2.64 bits per heavy atom. The van der Waals surface area contributed by atoms with Gasteiger partial charge in [0.25, 0.3) is 0 Å². The van der Waals surface area contributed by atoms with Gasteiger partial charge in [0.1, 0.15) is 5.82 Å². The molecule has 1 N–H and O–H groups in total. The van der Waals surface area contributed by atoms with Crippen molar-refractivity contribution in [2.45, 2.75) is 39.3 Å². The lowest BCUT2D eigenvalue weighted by Crippen LogP contribution is -2.41. The summed E-state index contributed by atoms with van der Waals surface area (Å²) in [6.07, 6.45) is 4.28. The first-order valence-corrected chi connectivity index (χ1v) is 8.72. The molecule has 1 saturated carbocycles. The van der Waals surface area contributed by atoms with Gasteiger partial charge in [-0.2, -0.15) is 5.10 Å². The summed E-state index contributed by atoms with van der Waals surface area (Å²) in [5.41, 5.74) is 2.87. The number of halogens is 1. The first kappa shape index (κ1) is 17.5. The standard InChI is InChI=1S/C19H25FN4O/c1-13(18-12-23(3)22-14(18)2)21-19(25)24(10-15-4-5-15)11-16-6-8-17(20)9-7-16/h6-9,12-13,15H,4-5,10-11H2,1-3H3,(H,21,25)/t13-/m0/s1. The molecule has 1 aliphatic rings. The number of amides is 2. The number of carbonyl (C=O) groups is 1. The molecule has 134 valence electrons. The van der Waals surface area contributed by atoms with Gasteiger partial charge in [0.15, 0.2) is 0 Å². The number of aryl methyl sites for hydroxylation is 2. The van der Waals surface area contributed by atoms with Crippen LogP contribution in [0.2, 0.25) is 0 Å². The van der Waals surface area contributed by atoms with Crippen LogP contribution in [0.4, 0.5) is 9.18 Å². The maximum Gasteiger partial charge on any atom is 0.318 e. The van der Waals surface area contributed by atoms with E-state index >= 15 is 0 Å². The molecule has 1 heterocycles. The third kappa shape index (κ3) is 4.59. The van der Waals surface area contributed by atoms with Crippen LogP contribution in [0.1, 0.15) is 42.6 Å². The minimum atomic E-state index is -0.261. The Morgan fingerprint density at radius 1 is 1.40 bits per heavy atom. The molecule has 1 fully saturated rings. The number of hydrogen-bond acceptors (Lipinski definition) is 2. The van der Waals surface area contributed by atoms with Crippen LogP contribution in [-0.2, 0) is 13.6 Å². The molecule has 1 aliphatic carbocycles. The fraction of sp³-hybridized carbons (Fsp3) is 0.474. The smallest absolute Gasteiger partial charge is 0.318 e. The molecular formula is C19H25FN4O. The highest BCUT2D eigenvalue weighted by Gasteiger charge is 2.28. The molecule has 0 bridgehead atoms. The van der Waals surface area contributed by atoms with Gasteiger partial charge in [-0.05, 0) is 50.3 Å². The Balaban J connectivity index is 1.68. The van der Waals surface area contributed by atoms with Gasteiger partial charge in [0.05, 0.1) is 11.7 Å². The van der Waals surface area contributed by atoms with E-state index in [1.165, 1.54) is 25.0 Å². The molecule has 0 saturated heterocycles. The van der Waals surface area contributed by atoms with E-state index < -0.39 is 0 Å². The molecule has 0 spiro atoms. The van der Waals surface area contributed by atoms with Crippen LogP contribution in [0.3, 0.4) is 0 Å². The second-order valence-electron chi connectivity index (χ2n) is 6.97. The number of aromatic nitrogens is 2. The quantitative estimate of drug-likeness (QED) is 0.871. The van der Waals surface area contributed by atoms with Crippen molar-refractivity contribution in [3.8, 4) is 0 Å². The average Bonchev–Trinajstić information content (AvgIpc) is 3.31. The van der Waals surface area contributed by atoms with Crippen molar-refractivity contribution in [2.24, 2.45) is 13.0 Å². The molecule has 2 amide bonds. The van der Waals surface area contributed by atoms with Crippen LogP contribution in [0.25, 0.3) is 0 Å². The van der Waals surface area contributed by atoms with Crippen molar-refractivity contribution in [3.05, 3.63) is 53.1 Å². The van der Waals surface area contributed by atoms with Crippen molar-refractivity contribution >= 4 is 6.03 Å². The zero-order valence-corrected chi connectivity index (χ0v) is 15.0. The van der Waals surface area contributed by atoms with Gasteiger partial charge < -0.3 is 10.2 Å². The van der Waals surface area contributed by atoms with Gasteiger partial charge >= 0.3 is 6.03 Å². The normalized spacial score (nSPS) is 15.0. The molecule has 5 nitrogen and oxygen atoms in total. The van der Waals surface area contributed by atoms with Gasteiger partial charge in [-0.1, -0.05) is 12.1 Å². The topological polar surface area (TPSA) is 50.2 Å². The van der Waals surface area contributed by atoms with E-state index in [1.807, 2.05) is 32.0 Å². The number of rotatable bonds is 6. The van der Waals surface area contributed by atoms with Gasteiger partial charge in [0, 0.05) is 31.9 Å². The first-order valence-electron chi connectivity index (χ1n) is 8.72. The SMILES string of the molecule is Cc1nn(C)cc1[C@H](C)NC(=O)N(Cc1ccc(F)cc1)CC1CC1. The fourth-order valence-corrected chi connectivity index (χ4v) is 3.04. The zero-order valence-electron chi connectivity index (χ0n) is 15.0. The molecule has 1 aromatic heterocycles. The molecule has 6 heteroatoms. The zero-order chi connectivity index (χ0) is 18.0. The van der Waals surface area contributed by atoms with E-state index in [0.29, 0.717) is 12.5 Å². The lowest BCUT2D eigenvalue weighted by molar-refractivity contribution is 0.189. The Labute approximate surface area is 147 Å². The maximum absolute atomic E-state index is 13.1. The molecule has 0 radical (unpaired) electrons. The monoisotopic (exact) mass is 344 g/mol. The largest absolute Gasteiger partial charge is 0.331 e. The van der Waals surface area contributed by atoms with E-state index in [2.05, 4.69) is 10.4 Å². The fourth-order valence-electron chi connectivity index (χ4n) is 3.04. The van der Waals surface area contributed by atoms with Crippen LogP contribution in [0.15, 0.2) is 30.5 Å². The van der Waals surface area contributed by atoms with Crippen LogP contribution in [0.5, 0.6) is 0 Å². The second-order valence-corrected chi connectivity index (χ2v) is 6.97. The van der Waals surface area contributed by atoms with Crippen molar-refractivity contribution in [1.29, 1.82) is 0 Å². The van der Waals surface area contributed by atoms with E-state index in [0.717, 1.165) is 23.4 Å². The third-order valence-corrected chi connectivity index (χ3v) is 4.61. The third-order valence-electron chi connectivity index (χ3n) is 4.61. The molecular weight excluding hydrogens is 319 g/mol. The Hall–Kier alpha value is -2.37. The number of nitrogens with one attached hydrogen (secondary N) is 1. The summed E-state index contributed by atoms with van der Waals surface area (Å²) >= 11 is 0. The highest BCUT2D eigenvalue weighted by molar-refractivity contribution is 5.74. The Morgan fingerprint density at radius 2 is 2.08 bits per heavy atom. The summed E-state index contributed by atoms with van der Waals surface area (Å²) in [6.45, 7) is 5.14. The van der Waals surface area contributed by atoms with Crippen molar-refractivity contribution in [3.63, 3.8) is 0 Å². The van der Waals surface area contributed by atoms with Crippen LogP contribution >= 0.6 is 0 Å². The second kappa shape index (κ2) is 7.25. The van der Waals surface area contributed by atoms with Crippen LogP contribution in [0, 0.1) is 18.7 Å². The lowest BCUT2D eigenvalue weighted by Gasteiger charge is -2.25. The van der Waals surface area contributed by atoms with E-state index in [1.54, 1.807) is 16.8 Å². The summed E-state index contributed by atoms with van der Waals surface area (Å²) in [4.78, 5) is 14.6. The predicted molar refractivity (Wildman–Crippen MR) is 94.4 cm³/mol. The number of carbonyl (C=O) groups excluding carboxylic acids is 1. The van der Waals surface area contributed by atoms with E-state index in [-0.39, 0.29) is 17.9 Å². The molecule has 0 unspecified atom stereocenters. The Bertz CT molecular complexity index is 736. The van der Waals surface area contributed by atoms with Crippen molar-refractivity contribution in [2.75, 3.05) is 6.54 Å². The Kier molecular flexibility index (Phi) is 5.06. The van der Waals surface area contributed by atoms with Gasteiger partial charge in [-0.3, -0.25) is 4.68 Å². The molecule has 0 aliphatic heterocycles. The number of nitrogens with zero attached hydrogens (tertiary/aromatic N) is 3. The van der Waals surface area contributed by atoms with Crippen molar-refractivity contribution < 1.29 is 9.18 Å². The van der Waals surface area contributed by atoms with Gasteiger partial charge in [-0.15, -0.1) is 0 Å².